The first-order valence-electron chi connectivity index (χ1n) is 6.87. The van der Waals surface area contributed by atoms with Crippen molar-refractivity contribution in [1.82, 2.24) is 14.9 Å². The van der Waals surface area contributed by atoms with Gasteiger partial charge in [0.25, 0.3) is 0 Å². The van der Waals surface area contributed by atoms with Gasteiger partial charge in [-0.3, -0.25) is 0 Å². The molecule has 22 heavy (non-hydrogen) atoms. The molecule has 0 bridgehead atoms. The van der Waals surface area contributed by atoms with E-state index >= 15 is 0 Å². The third kappa shape index (κ3) is 2.29. The molecule has 2 aromatic heterocycles. The minimum absolute atomic E-state index is 0.677. The molecule has 2 aromatic carbocycles. The third-order valence-corrected chi connectivity index (χ3v) is 3.41. The van der Waals surface area contributed by atoms with Crippen LogP contribution in [-0.4, -0.2) is 21.1 Å². The lowest BCUT2D eigenvalue weighted by molar-refractivity contribution is 0.574. The van der Waals surface area contributed by atoms with E-state index in [1.165, 1.54) is 28.1 Å². The molecule has 0 aliphatic carbocycles. The van der Waals surface area contributed by atoms with Crippen molar-refractivity contribution < 1.29 is 4.42 Å². The summed E-state index contributed by atoms with van der Waals surface area (Å²) >= 11 is 0. The second kappa shape index (κ2) is 5.29. The molecule has 0 amide bonds. The molecule has 5 nitrogen and oxygen atoms in total. The van der Waals surface area contributed by atoms with Crippen molar-refractivity contribution in [1.29, 1.82) is 0 Å². The standard InChI is InChI=1S/C17H12N4O/c1-2-6-15-13(4-1)5-3-7-16(15)17-9-8-14(22-17)10-20-21-11-18-19-12-21/h1-12H/b20-10+. The van der Waals surface area contributed by atoms with Gasteiger partial charge in [-0.25, -0.2) is 4.68 Å². The van der Waals surface area contributed by atoms with Crippen LogP contribution >= 0.6 is 0 Å². The van der Waals surface area contributed by atoms with E-state index in [2.05, 4.69) is 39.6 Å². The number of aromatic nitrogens is 3. The highest BCUT2D eigenvalue weighted by Crippen LogP contribution is 2.29. The van der Waals surface area contributed by atoms with Gasteiger partial charge in [-0.2, -0.15) is 5.10 Å². The zero-order valence-corrected chi connectivity index (χ0v) is 11.6. The molecule has 2 heterocycles. The molecule has 0 fully saturated rings. The topological polar surface area (TPSA) is 56.2 Å². The van der Waals surface area contributed by atoms with E-state index in [-0.39, 0.29) is 0 Å². The summed E-state index contributed by atoms with van der Waals surface area (Å²) in [4.78, 5) is 0. The van der Waals surface area contributed by atoms with Crippen LogP contribution in [0.5, 0.6) is 0 Å². The fraction of sp³-hybridized carbons (Fsp3) is 0. The van der Waals surface area contributed by atoms with E-state index in [0.717, 1.165) is 11.3 Å². The van der Waals surface area contributed by atoms with Crippen LogP contribution in [0.1, 0.15) is 5.76 Å². The SMILES string of the molecule is C(=N\n1cnnc1)/c1ccc(-c2cccc3ccccc23)o1. The molecular formula is C17H12N4O. The van der Waals surface area contributed by atoms with Crippen molar-refractivity contribution in [3.63, 3.8) is 0 Å². The number of benzene rings is 2. The number of rotatable bonds is 3. The molecule has 0 unspecified atom stereocenters. The van der Waals surface area contributed by atoms with Crippen molar-refractivity contribution in [3.8, 4) is 11.3 Å². The Morgan fingerprint density at radius 3 is 2.64 bits per heavy atom. The third-order valence-electron chi connectivity index (χ3n) is 3.41. The Balaban J connectivity index is 1.71. The Bertz CT molecular complexity index is 933. The Morgan fingerprint density at radius 2 is 1.73 bits per heavy atom. The summed E-state index contributed by atoms with van der Waals surface area (Å²) in [5, 5.41) is 13.9. The molecule has 0 N–H and O–H groups in total. The van der Waals surface area contributed by atoms with Crippen molar-refractivity contribution in [2.75, 3.05) is 0 Å². The normalized spacial score (nSPS) is 11.5. The average Bonchev–Trinajstić information content (AvgIpc) is 3.24. The molecule has 0 aliphatic heterocycles. The lowest BCUT2D eigenvalue weighted by Gasteiger charge is -2.03. The van der Waals surface area contributed by atoms with Gasteiger partial charge < -0.3 is 4.42 Å². The van der Waals surface area contributed by atoms with Crippen molar-refractivity contribution in [2.24, 2.45) is 5.10 Å². The minimum Gasteiger partial charge on any atom is -0.455 e. The van der Waals surface area contributed by atoms with Crippen molar-refractivity contribution in [2.45, 2.75) is 0 Å². The molecule has 0 radical (unpaired) electrons. The van der Waals surface area contributed by atoms with Crippen LogP contribution in [0, 0.1) is 0 Å². The zero-order valence-electron chi connectivity index (χ0n) is 11.6. The first-order valence-corrected chi connectivity index (χ1v) is 6.87. The smallest absolute Gasteiger partial charge is 0.147 e. The fourth-order valence-corrected chi connectivity index (χ4v) is 2.39. The minimum atomic E-state index is 0.677. The molecule has 5 heteroatoms. The summed E-state index contributed by atoms with van der Waals surface area (Å²) in [6.07, 6.45) is 4.67. The summed E-state index contributed by atoms with van der Waals surface area (Å²) < 4.78 is 7.39. The van der Waals surface area contributed by atoms with E-state index in [4.69, 9.17) is 4.42 Å². The number of hydrogen-bond acceptors (Lipinski definition) is 4. The first-order chi connectivity index (χ1) is 10.9. The van der Waals surface area contributed by atoms with E-state index in [9.17, 15) is 0 Å². The van der Waals surface area contributed by atoms with Gasteiger partial charge in [-0.15, -0.1) is 10.2 Å². The van der Waals surface area contributed by atoms with Crippen LogP contribution in [-0.2, 0) is 0 Å². The number of nitrogens with zero attached hydrogens (tertiary/aromatic N) is 4. The molecule has 4 rings (SSSR count). The Hall–Kier alpha value is -3.21. The largest absolute Gasteiger partial charge is 0.455 e. The summed E-state index contributed by atoms with van der Waals surface area (Å²) in [6, 6.07) is 18.3. The molecule has 0 spiro atoms. The summed E-state index contributed by atoms with van der Waals surface area (Å²) in [7, 11) is 0. The summed E-state index contributed by atoms with van der Waals surface area (Å²) in [5.41, 5.74) is 1.07. The number of fused-ring (bicyclic) bond motifs is 1. The van der Waals surface area contributed by atoms with Gasteiger partial charge in [0.1, 0.15) is 24.2 Å². The van der Waals surface area contributed by atoms with Crippen molar-refractivity contribution >= 4 is 17.0 Å². The van der Waals surface area contributed by atoms with Gasteiger partial charge in [-0.05, 0) is 22.9 Å². The number of hydrogen-bond donors (Lipinski definition) is 0. The van der Waals surface area contributed by atoms with Gasteiger partial charge in [0.05, 0.1) is 6.21 Å². The van der Waals surface area contributed by atoms with Crippen LogP contribution < -0.4 is 0 Å². The Kier molecular flexibility index (Phi) is 3.01. The summed E-state index contributed by atoms with van der Waals surface area (Å²) in [6.45, 7) is 0. The maximum atomic E-state index is 5.87. The van der Waals surface area contributed by atoms with E-state index < -0.39 is 0 Å². The lowest BCUT2D eigenvalue weighted by Crippen LogP contribution is -1.85. The Labute approximate surface area is 126 Å². The van der Waals surface area contributed by atoms with Crippen molar-refractivity contribution in [3.05, 3.63) is 73.0 Å². The molecular weight excluding hydrogens is 276 g/mol. The predicted molar refractivity (Wildman–Crippen MR) is 84.7 cm³/mol. The highest BCUT2D eigenvalue weighted by molar-refractivity contribution is 5.95. The van der Waals surface area contributed by atoms with Crippen LogP contribution in [0.4, 0.5) is 0 Å². The summed E-state index contributed by atoms with van der Waals surface area (Å²) in [5.74, 6) is 1.50. The quantitative estimate of drug-likeness (QED) is 0.541. The van der Waals surface area contributed by atoms with Gasteiger partial charge in [0, 0.05) is 5.56 Å². The van der Waals surface area contributed by atoms with Crippen LogP contribution in [0.15, 0.2) is 76.8 Å². The molecule has 0 atom stereocenters. The van der Waals surface area contributed by atoms with E-state index in [1.54, 1.807) is 6.21 Å². The van der Waals surface area contributed by atoms with Gasteiger partial charge in [-0.1, -0.05) is 42.5 Å². The van der Waals surface area contributed by atoms with Gasteiger partial charge in [0.15, 0.2) is 0 Å². The second-order valence-corrected chi connectivity index (χ2v) is 4.82. The molecule has 106 valence electrons. The first kappa shape index (κ1) is 12.5. The van der Waals surface area contributed by atoms with E-state index in [1.807, 2.05) is 30.3 Å². The second-order valence-electron chi connectivity index (χ2n) is 4.82. The number of furan rings is 1. The predicted octanol–water partition coefficient (Wildman–Crippen LogP) is 3.57. The monoisotopic (exact) mass is 288 g/mol. The van der Waals surface area contributed by atoms with Crippen LogP contribution in [0.2, 0.25) is 0 Å². The lowest BCUT2D eigenvalue weighted by atomic mass is 10.0. The van der Waals surface area contributed by atoms with Crippen LogP contribution in [0.3, 0.4) is 0 Å². The Morgan fingerprint density at radius 1 is 0.909 bits per heavy atom. The molecule has 4 aromatic rings. The van der Waals surface area contributed by atoms with Gasteiger partial charge >= 0.3 is 0 Å². The maximum Gasteiger partial charge on any atom is 0.147 e. The average molecular weight is 288 g/mol. The van der Waals surface area contributed by atoms with Crippen LogP contribution in [0.25, 0.3) is 22.1 Å². The fourth-order valence-electron chi connectivity index (χ4n) is 2.39. The van der Waals surface area contributed by atoms with E-state index in [0.29, 0.717) is 5.76 Å². The molecule has 0 saturated carbocycles. The molecule has 0 saturated heterocycles. The zero-order chi connectivity index (χ0) is 14.8. The highest BCUT2D eigenvalue weighted by Gasteiger charge is 2.07. The van der Waals surface area contributed by atoms with Gasteiger partial charge in [0.2, 0.25) is 0 Å². The maximum absolute atomic E-state index is 5.87. The molecule has 0 aliphatic rings. The highest BCUT2D eigenvalue weighted by atomic mass is 16.3.